The fourth-order valence-corrected chi connectivity index (χ4v) is 3.74. The van der Waals surface area contributed by atoms with Crippen molar-refractivity contribution >= 4 is 23.2 Å². The molecule has 1 N–H and O–H groups in total. The number of halogens is 2. The number of hydrogen-bond donors (Lipinski definition) is 1. The highest BCUT2D eigenvalue weighted by molar-refractivity contribution is 6.42. The summed E-state index contributed by atoms with van der Waals surface area (Å²) in [6, 6.07) is 15.8. The fourth-order valence-electron chi connectivity index (χ4n) is 3.42. The summed E-state index contributed by atoms with van der Waals surface area (Å²) in [5.41, 5.74) is 1.83. The van der Waals surface area contributed by atoms with E-state index in [2.05, 4.69) is 16.3 Å². The van der Waals surface area contributed by atoms with Gasteiger partial charge in [-0.25, -0.2) is 0 Å². The fraction of sp³-hybridized carbons (Fsp3) is 0.409. The Labute approximate surface area is 177 Å². The maximum Gasteiger partial charge on any atom is 0.120 e. The van der Waals surface area contributed by atoms with Crippen LogP contribution in [0.2, 0.25) is 10.0 Å². The van der Waals surface area contributed by atoms with Crippen LogP contribution >= 0.6 is 23.2 Å². The molecule has 0 aromatic heterocycles. The lowest BCUT2D eigenvalue weighted by Crippen LogP contribution is -2.42. The second-order valence-corrected chi connectivity index (χ2v) is 7.91. The standard InChI is InChI=1S/C22H25Cl2N3O/c23-21-6-5-18(14-22(21)24)16-27-10-7-19(8-11-27)26-9-2-12-28-20-4-1-3-17(13-20)15-25/h1,3-6,13-14,19,26H,2,7-12,16H2. The van der Waals surface area contributed by atoms with Gasteiger partial charge in [0.15, 0.2) is 0 Å². The molecule has 1 aliphatic rings. The van der Waals surface area contributed by atoms with Crippen LogP contribution in [-0.2, 0) is 6.54 Å². The van der Waals surface area contributed by atoms with Crippen molar-refractivity contribution < 1.29 is 4.74 Å². The average Bonchev–Trinajstić information content (AvgIpc) is 2.72. The second-order valence-electron chi connectivity index (χ2n) is 7.09. The zero-order valence-corrected chi connectivity index (χ0v) is 17.3. The molecule has 0 amide bonds. The summed E-state index contributed by atoms with van der Waals surface area (Å²) >= 11 is 12.1. The highest BCUT2D eigenvalue weighted by Crippen LogP contribution is 2.24. The van der Waals surface area contributed by atoms with Crippen LogP contribution in [0.25, 0.3) is 0 Å². The topological polar surface area (TPSA) is 48.3 Å². The Morgan fingerprint density at radius 2 is 1.93 bits per heavy atom. The predicted octanol–water partition coefficient (Wildman–Crippen LogP) is 4.89. The van der Waals surface area contributed by atoms with Crippen LogP contribution in [0.3, 0.4) is 0 Å². The molecule has 0 radical (unpaired) electrons. The van der Waals surface area contributed by atoms with E-state index in [1.165, 1.54) is 5.56 Å². The molecule has 0 spiro atoms. The lowest BCUT2D eigenvalue weighted by Gasteiger charge is -2.32. The van der Waals surface area contributed by atoms with E-state index in [0.717, 1.165) is 51.2 Å². The largest absolute Gasteiger partial charge is 0.494 e. The van der Waals surface area contributed by atoms with Crippen molar-refractivity contribution in [3.63, 3.8) is 0 Å². The van der Waals surface area contributed by atoms with Gasteiger partial charge in [-0.15, -0.1) is 0 Å². The third-order valence-electron chi connectivity index (χ3n) is 4.96. The first-order valence-corrected chi connectivity index (χ1v) is 10.4. The van der Waals surface area contributed by atoms with Gasteiger partial charge in [-0.2, -0.15) is 5.26 Å². The van der Waals surface area contributed by atoms with Crippen LogP contribution in [-0.4, -0.2) is 37.2 Å². The summed E-state index contributed by atoms with van der Waals surface area (Å²) in [6.07, 6.45) is 3.24. The molecule has 0 bridgehead atoms. The molecule has 148 valence electrons. The Morgan fingerprint density at radius 1 is 1.11 bits per heavy atom. The van der Waals surface area contributed by atoms with E-state index in [9.17, 15) is 0 Å². The van der Waals surface area contributed by atoms with Crippen LogP contribution < -0.4 is 10.1 Å². The monoisotopic (exact) mass is 417 g/mol. The van der Waals surface area contributed by atoms with Crippen LogP contribution in [0.4, 0.5) is 0 Å². The van der Waals surface area contributed by atoms with Gasteiger partial charge in [-0.1, -0.05) is 35.3 Å². The molecule has 0 atom stereocenters. The molecule has 4 nitrogen and oxygen atoms in total. The summed E-state index contributed by atoms with van der Waals surface area (Å²) < 4.78 is 5.72. The molecule has 0 aliphatic carbocycles. The zero-order chi connectivity index (χ0) is 19.8. The van der Waals surface area contributed by atoms with Crippen molar-refractivity contribution in [1.82, 2.24) is 10.2 Å². The molecule has 1 heterocycles. The zero-order valence-electron chi connectivity index (χ0n) is 15.8. The molecule has 1 fully saturated rings. The maximum absolute atomic E-state index is 8.91. The van der Waals surface area contributed by atoms with Gasteiger partial charge in [-0.3, -0.25) is 4.90 Å². The minimum atomic E-state index is 0.562. The quantitative estimate of drug-likeness (QED) is 0.621. The van der Waals surface area contributed by atoms with Crippen molar-refractivity contribution in [2.24, 2.45) is 0 Å². The van der Waals surface area contributed by atoms with Gasteiger partial charge < -0.3 is 10.1 Å². The summed E-state index contributed by atoms with van der Waals surface area (Å²) in [6.45, 7) is 4.66. The third kappa shape index (κ3) is 6.39. The summed E-state index contributed by atoms with van der Waals surface area (Å²) in [7, 11) is 0. The molecular formula is C22H25Cl2N3O. The van der Waals surface area contributed by atoms with E-state index < -0.39 is 0 Å². The highest BCUT2D eigenvalue weighted by atomic mass is 35.5. The molecule has 6 heteroatoms. The Bertz CT molecular complexity index is 814. The average molecular weight is 418 g/mol. The van der Waals surface area contributed by atoms with Crippen LogP contribution in [0.1, 0.15) is 30.4 Å². The summed E-state index contributed by atoms with van der Waals surface area (Å²) in [5.74, 6) is 0.759. The van der Waals surface area contributed by atoms with E-state index in [1.54, 1.807) is 12.1 Å². The molecule has 2 aromatic carbocycles. The summed E-state index contributed by atoms with van der Waals surface area (Å²) in [5, 5.41) is 13.8. The van der Waals surface area contributed by atoms with Crippen LogP contribution in [0, 0.1) is 11.3 Å². The molecule has 1 aliphatic heterocycles. The SMILES string of the molecule is N#Cc1cccc(OCCCNC2CCN(Cc3ccc(Cl)c(Cl)c3)CC2)c1. The minimum Gasteiger partial charge on any atom is -0.494 e. The second kappa shape index (κ2) is 10.7. The number of piperidine rings is 1. The number of nitrogens with one attached hydrogen (secondary N) is 1. The number of rotatable bonds is 8. The van der Waals surface area contributed by atoms with Gasteiger partial charge in [0.1, 0.15) is 5.75 Å². The molecule has 1 saturated heterocycles. The molecule has 0 unspecified atom stereocenters. The predicted molar refractivity (Wildman–Crippen MR) is 114 cm³/mol. The van der Waals surface area contributed by atoms with Gasteiger partial charge in [0.2, 0.25) is 0 Å². The van der Waals surface area contributed by atoms with Gasteiger partial charge in [-0.05, 0) is 74.8 Å². The van der Waals surface area contributed by atoms with E-state index in [0.29, 0.717) is 28.3 Å². The lowest BCUT2D eigenvalue weighted by molar-refractivity contribution is 0.189. The smallest absolute Gasteiger partial charge is 0.120 e. The Balaban J connectivity index is 1.30. The normalized spacial score (nSPS) is 15.3. The van der Waals surface area contributed by atoms with E-state index >= 15 is 0 Å². The Kier molecular flexibility index (Phi) is 8.00. The van der Waals surface area contributed by atoms with Crippen LogP contribution in [0.15, 0.2) is 42.5 Å². The number of nitrogens with zero attached hydrogens (tertiary/aromatic N) is 2. The van der Waals surface area contributed by atoms with Crippen LogP contribution in [0.5, 0.6) is 5.75 Å². The van der Waals surface area contributed by atoms with Crippen molar-refractivity contribution in [3.8, 4) is 11.8 Å². The number of nitriles is 1. The van der Waals surface area contributed by atoms with Gasteiger partial charge in [0, 0.05) is 12.6 Å². The van der Waals surface area contributed by atoms with E-state index in [1.807, 2.05) is 30.3 Å². The Morgan fingerprint density at radius 3 is 2.68 bits per heavy atom. The summed E-state index contributed by atoms with van der Waals surface area (Å²) in [4.78, 5) is 2.46. The van der Waals surface area contributed by atoms with Crippen molar-refractivity contribution in [1.29, 1.82) is 5.26 Å². The maximum atomic E-state index is 8.91. The first kappa shape index (κ1) is 21.0. The lowest BCUT2D eigenvalue weighted by atomic mass is 10.0. The molecular weight excluding hydrogens is 393 g/mol. The van der Waals surface area contributed by atoms with Gasteiger partial charge >= 0.3 is 0 Å². The van der Waals surface area contributed by atoms with Crippen molar-refractivity contribution in [2.45, 2.75) is 31.8 Å². The van der Waals surface area contributed by atoms with E-state index in [4.69, 9.17) is 33.2 Å². The number of benzene rings is 2. The number of likely N-dealkylation sites (tertiary alicyclic amines) is 1. The van der Waals surface area contributed by atoms with Gasteiger partial charge in [0.05, 0.1) is 28.3 Å². The minimum absolute atomic E-state index is 0.562. The van der Waals surface area contributed by atoms with E-state index in [-0.39, 0.29) is 0 Å². The molecule has 0 saturated carbocycles. The van der Waals surface area contributed by atoms with Crippen molar-refractivity contribution in [2.75, 3.05) is 26.2 Å². The molecule has 2 aromatic rings. The molecule has 3 rings (SSSR count). The first-order chi connectivity index (χ1) is 13.6. The number of hydrogen-bond acceptors (Lipinski definition) is 4. The highest BCUT2D eigenvalue weighted by Gasteiger charge is 2.18. The first-order valence-electron chi connectivity index (χ1n) is 9.66. The number of ether oxygens (including phenoxy) is 1. The Hall–Kier alpha value is -1.77. The third-order valence-corrected chi connectivity index (χ3v) is 5.70. The van der Waals surface area contributed by atoms with Gasteiger partial charge in [0.25, 0.3) is 0 Å². The molecule has 28 heavy (non-hydrogen) atoms. The van der Waals surface area contributed by atoms with Crippen molar-refractivity contribution in [3.05, 3.63) is 63.6 Å².